The number of hydrogen-bond acceptors (Lipinski definition) is 4. The predicted molar refractivity (Wildman–Crippen MR) is 75.2 cm³/mol. The Morgan fingerprint density at radius 1 is 1.42 bits per heavy atom. The van der Waals surface area contributed by atoms with Gasteiger partial charge in [0.25, 0.3) is 5.69 Å². The van der Waals surface area contributed by atoms with Crippen LogP contribution in [-0.4, -0.2) is 17.5 Å². The number of carbonyl (C=O) groups is 1. The first kappa shape index (κ1) is 15.6. The second-order valence-electron chi connectivity index (χ2n) is 4.20. The zero-order chi connectivity index (χ0) is 14.4. The molecule has 0 heterocycles. The summed E-state index contributed by atoms with van der Waals surface area (Å²) in [6.07, 6.45) is 1.86. The molecular formula is C13H16BrNO4. The summed E-state index contributed by atoms with van der Waals surface area (Å²) in [5, 5.41) is 10.7. The number of carbonyl (C=O) groups excluding carboxylic acids is 1. The molecule has 0 aromatic heterocycles. The van der Waals surface area contributed by atoms with Crippen LogP contribution in [0.5, 0.6) is 0 Å². The third-order valence-corrected chi connectivity index (χ3v) is 3.68. The number of non-ortho nitro benzene ring substituents is 1. The number of rotatable bonds is 6. The number of nitro groups is 1. The van der Waals surface area contributed by atoms with Crippen LogP contribution < -0.4 is 0 Å². The molecule has 0 saturated carbocycles. The molecule has 0 unspecified atom stereocenters. The van der Waals surface area contributed by atoms with E-state index in [1.807, 2.05) is 13.8 Å². The summed E-state index contributed by atoms with van der Waals surface area (Å²) in [5.41, 5.74) is 0.0536. The standard InChI is InChI=1S/C13H16BrNO4/c1-3-9(4-2)8-19-13(16)11-7-10(15(17)18)5-6-12(11)14/h5-7,9H,3-4,8H2,1-2H3. The van der Waals surface area contributed by atoms with Crippen LogP contribution in [0.25, 0.3) is 0 Å². The summed E-state index contributed by atoms with van der Waals surface area (Å²) in [6.45, 7) is 4.40. The number of hydrogen-bond donors (Lipinski definition) is 0. The van der Waals surface area contributed by atoms with Gasteiger partial charge in [0.05, 0.1) is 17.1 Å². The maximum atomic E-state index is 11.9. The van der Waals surface area contributed by atoms with Crippen LogP contribution in [0.4, 0.5) is 5.69 Å². The lowest BCUT2D eigenvalue weighted by Crippen LogP contribution is -2.14. The van der Waals surface area contributed by atoms with Crippen LogP contribution in [0.15, 0.2) is 22.7 Å². The summed E-state index contributed by atoms with van der Waals surface area (Å²) < 4.78 is 5.69. The van der Waals surface area contributed by atoms with E-state index in [2.05, 4.69) is 15.9 Å². The fourth-order valence-corrected chi connectivity index (χ4v) is 1.99. The van der Waals surface area contributed by atoms with Gasteiger partial charge in [-0.15, -0.1) is 0 Å². The molecule has 19 heavy (non-hydrogen) atoms. The van der Waals surface area contributed by atoms with Gasteiger partial charge in [0.1, 0.15) is 0 Å². The van der Waals surface area contributed by atoms with E-state index in [-0.39, 0.29) is 11.3 Å². The van der Waals surface area contributed by atoms with E-state index in [1.165, 1.54) is 18.2 Å². The van der Waals surface area contributed by atoms with Crippen molar-refractivity contribution in [1.29, 1.82) is 0 Å². The van der Waals surface area contributed by atoms with Crippen LogP contribution in [0, 0.1) is 16.0 Å². The lowest BCUT2D eigenvalue weighted by molar-refractivity contribution is -0.384. The van der Waals surface area contributed by atoms with Gasteiger partial charge in [0, 0.05) is 16.6 Å². The molecule has 0 atom stereocenters. The van der Waals surface area contributed by atoms with Crippen LogP contribution in [0.3, 0.4) is 0 Å². The second kappa shape index (κ2) is 7.23. The van der Waals surface area contributed by atoms with Crippen molar-refractivity contribution in [2.45, 2.75) is 26.7 Å². The molecule has 104 valence electrons. The van der Waals surface area contributed by atoms with E-state index >= 15 is 0 Å². The Hall–Kier alpha value is -1.43. The van der Waals surface area contributed by atoms with Gasteiger partial charge in [-0.1, -0.05) is 26.7 Å². The van der Waals surface area contributed by atoms with Crippen LogP contribution in [-0.2, 0) is 4.74 Å². The second-order valence-corrected chi connectivity index (χ2v) is 5.06. The van der Waals surface area contributed by atoms with E-state index in [4.69, 9.17) is 4.74 Å². The fourth-order valence-electron chi connectivity index (χ4n) is 1.58. The zero-order valence-electron chi connectivity index (χ0n) is 10.9. The van der Waals surface area contributed by atoms with Crippen molar-refractivity contribution < 1.29 is 14.5 Å². The number of ether oxygens (including phenoxy) is 1. The summed E-state index contributed by atoms with van der Waals surface area (Å²) in [4.78, 5) is 22.0. The molecule has 0 saturated heterocycles. The summed E-state index contributed by atoms with van der Waals surface area (Å²) >= 11 is 3.20. The average Bonchev–Trinajstić information content (AvgIpc) is 2.39. The molecular weight excluding hydrogens is 314 g/mol. The van der Waals surface area contributed by atoms with Crippen molar-refractivity contribution >= 4 is 27.6 Å². The molecule has 1 rings (SSSR count). The summed E-state index contributed by atoms with van der Waals surface area (Å²) in [7, 11) is 0. The Kier molecular flexibility index (Phi) is 5.95. The topological polar surface area (TPSA) is 69.4 Å². The van der Waals surface area contributed by atoms with Crippen molar-refractivity contribution in [3.63, 3.8) is 0 Å². The minimum absolute atomic E-state index is 0.127. The van der Waals surface area contributed by atoms with E-state index in [9.17, 15) is 14.9 Å². The van der Waals surface area contributed by atoms with Crippen LogP contribution >= 0.6 is 15.9 Å². The third-order valence-electron chi connectivity index (χ3n) is 2.99. The normalized spacial score (nSPS) is 10.5. The van der Waals surface area contributed by atoms with Gasteiger partial charge >= 0.3 is 5.97 Å². The first-order chi connectivity index (χ1) is 8.99. The first-order valence-electron chi connectivity index (χ1n) is 6.10. The Labute approximate surface area is 120 Å². The van der Waals surface area contributed by atoms with E-state index in [0.29, 0.717) is 17.0 Å². The predicted octanol–water partition coefficient (Wildman–Crippen LogP) is 3.95. The van der Waals surface area contributed by atoms with Crippen LogP contribution in [0.1, 0.15) is 37.0 Å². The fraction of sp³-hybridized carbons (Fsp3) is 0.462. The monoisotopic (exact) mass is 329 g/mol. The smallest absolute Gasteiger partial charge is 0.339 e. The lowest BCUT2D eigenvalue weighted by atomic mass is 10.1. The van der Waals surface area contributed by atoms with E-state index < -0.39 is 10.9 Å². The maximum absolute atomic E-state index is 11.9. The maximum Gasteiger partial charge on any atom is 0.339 e. The molecule has 0 aliphatic heterocycles. The lowest BCUT2D eigenvalue weighted by Gasteiger charge is -2.13. The molecule has 1 aromatic rings. The number of nitrogens with zero attached hydrogens (tertiary/aromatic N) is 1. The number of nitro benzene ring substituents is 1. The molecule has 0 radical (unpaired) electrons. The average molecular weight is 330 g/mol. The highest BCUT2D eigenvalue weighted by Gasteiger charge is 2.17. The Morgan fingerprint density at radius 2 is 2.05 bits per heavy atom. The Morgan fingerprint density at radius 3 is 2.58 bits per heavy atom. The molecule has 5 nitrogen and oxygen atoms in total. The van der Waals surface area contributed by atoms with E-state index in [0.717, 1.165) is 12.8 Å². The Bertz CT molecular complexity index is 472. The summed E-state index contributed by atoms with van der Waals surface area (Å²) in [5.74, 6) is -0.219. The molecule has 0 aliphatic carbocycles. The van der Waals surface area contributed by atoms with Crippen molar-refractivity contribution in [2.24, 2.45) is 5.92 Å². The molecule has 6 heteroatoms. The van der Waals surface area contributed by atoms with Crippen molar-refractivity contribution in [3.05, 3.63) is 38.3 Å². The number of halogens is 1. The zero-order valence-corrected chi connectivity index (χ0v) is 12.5. The van der Waals surface area contributed by atoms with Gasteiger partial charge < -0.3 is 4.74 Å². The molecule has 1 aromatic carbocycles. The SMILES string of the molecule is CCC(CC)COC(=O)c1cc([N+](=O)[O-])ccc1Br. The van der Waals surface area contributed by atoms with Crippen molar-refractivity contribution in [2.75, 3.05) is 6.61 Å². The highest BCUT2D eigenvalue weighted by molar-refractivity contribution is 9.10. The number of esters is 1. The highest BCUT2D eigenvalue weighted by atomic mass is 79.9. The van der Waals surface area contributed by atoms with Gasteiger partial charge in [-0.25, -0.2) is 4.79 Å². The minimum Gasteiger partial charge on any atom is -0.462 e. The number of benzene rings is 1. The van der Waals surface area contributed by atoms with Gasteiger partial charge in [-0.05, 0) is 27.9 Å². The summed E-state index contributed by atoms with van der Waals surface area (Å²) in [6, 6.07) is 4.03. The molecule has 0 spiro atoms. The molecule has 0 aliphatic rings. The Balaban J connectivity index is 2.81. The van der Waals surface area contributed by atoms with Gasteiger partial charge in [0.2, 0.25) is 0 Å². The molecule has 0 bridgehead atoms. The first-order valence-corrected chi connectivity index (χ1v) is 6.89. The van der Waals surface area contributed by atoms with Gasteiger partial charge in [0.15, 0.2) is 0 Å². The quantitative estimate of drug-likeness (QED) is 0.450. The minimum atomic E-state index is -0.539. The van der Waals surface area contributed by atoms with Gasteiger partial charge in [-0.3, -0.25) is 10.1 Å². The van der Waals surface area contributed by atoms with Crippen molar-refractivity contribution in [1.82, 2.24) is 0 Å². The van der Waals surface area contributed by atoms with E-state index in [1.54, 1.807) is 0 Å². The molecule has 0 amide bonds. The third kappa shape index (κ3) is 4.31. The largest absolute Gasteiger partial charge is 0.462 e. The molecule has 0 N–H and O–H groups in total. The van der Waals surface area contributed by atoms with Crippen LogP contribution in [0.2, 0.25) is 0 Å². The molecule has 0 fully saturated rings. The van der Waals surface area contributed by atoms with Crippen molar-refractivity contribution in [3.8, 4) is 0 Å². The highest BCUT2D eigenvalue weighted by Crippen LogP contribution is 2.23. The van der Waals surface area contributed by atoms with Gasteiger partial charge in [-0.2, -0.15) is 0 Å².